The van der Waals surface area contributed by atoms with Gasteiger partial charge in [-0.25, -0.2) is 0 Å². The first kappa shape index (κ1) is 10.7. The summed E-state index contributed by atoms with van der Waals surface area (Å²) < 4.78 is 0. The van der Waals surface area contributed by atoms with Crippen LogP contribution >= 0.6 is 0 Å². The zero-order valence-corrected chi connectivity index (χ0v) is 8.19. The average molecular weight is 153 g/mol. The molecule has 0 N–H and O–H groups in total. The summed E-state index contributed by atoms with van der Waals surface area (Å²) in [6, 6.07) is 0. The van der Waals surface area contributed by atoms with Gasteiger partial charge in [0.05, 0.1) is 0 Å². The Bertz CT molecular complexity index is 103. The van der Waals surface area contributed by atoms with E-state index in [2.05, 4.69) is 33.8 Å². The van der Waals surface area contributed by atoms with E-state index in [1.54, 1.807) is 0 Å². The van der Waals surface area contributed by atoms with Crippen LogP contribution in [0.3, 0.4) is 0 Å². The molecule has 0 rings (SSSR count). The molecular formula is C11H21. The summed E-state index contributed by atoms with van der Waals surface area (Å²) in [6.07, 6.45) is 7.19. The third-order valence-corrected chi connectivity index (χ3v) is 2.21. The van der Waals surface area contributed by atoms with Crippen molar-refractivity contribution in [3.05, 3.63) is 18.6 Å². The van der Waals surface area contributed by atoms with Crippen molar-refractivity contribution in [1.82, 2.24) is 0 Å². The lowest BCUT2D eigenvalue weighted by Crippen LogP contribution is -1.93. The molecule has 0 aromatic heterocycles. The standard InChI is InChI=1S/C11H21/c1-5-10(3)8-7-9-11(4)6-2/h9,11H,3,5-8H2,1-2,4H3. The Labute approximate surface area is 71.7 Å². The molecule has 0 saturated carbocycles. The van der Waals surface area contributed by atoms with Gasteiger partial charge in [0.2, 0.25) is 0 Å². The number of hydrogen-bond acceptors (Lipinski definition) is 0. The molecule has 1 atom stereocenters. The minimum Gasteiger partial charge on any atom is -0.0999 e. The number of hydrogen-bond donors (Lipinski definition) is 0. The molecular weight excluding hydrogens is 132 g/mol. The highest BCUT2D eigenvalue weighted by atomic mass is 14.0. The molecule has 0 aliphatic heterocycles. The summed E-state index contributed by atoms with van der Waals surface area (Å²) in [6.45, 7) is 10.7. The molecule has 0 aliphatic rings. The van der Waals surface area contributed by atoms with Gasteiger partial charge in [-0.15, -0.1) is 0 Å². The van der Waals surface area contributed by atoms with E-state index in [4.69, 9.17) is 0 Å². The maximum absolute atomic E-state index is 3.98. The second kappa shape index (κ2) is 6.45. The quantitative estimate of drug-likeness (QED) is 0.506. The lowest BCUT2D eigenvalue weighted by Gasteiger charge is -2.07. The van der Waals surface area contributed by atoms with Crippen molar-refractivity contribution in [2.45, 2.75) is 46.5 Å². The van der Waals surface area contributed by atoms with Crippen LogP contribution in [0.2, 0.25) is 0 Å². The smallest absolute Gasteiger partial charge is 0.0320 e. The van der Waals surface area contributed by atoms with E-state index in [1.165, 1.54) is 24.8 Å². The van der Waals surface area contributed by atoms with E-state index in [0.29, 0.717) is 0 Å². The van der Waals surface area contributed by atoms with Gasteiger partial charge in [0.15, 0.2) is 0 Å². The van der Waals surface area contributed by atoms with E-state index < -0.39 is 0 Å². The lowest BCUT2D eigenvalue weighted by molar-refractivity contribution is 0.611. The number of rotatable bonds is 6. The van der Waals surface area contributed by atoms with Crippen LogP contribution in [0.5, 0.6) is 0 Å². The monoisotopic (exact) mass is 153 g/mol. The summed E-state index contributed by atoms with van der Waals surface area (Å²) in [5.41, 5.74) is 1.38. The van der Waals surface area contributed by atoms with Gasteiger partial charge in [-0.05, 0) is 31.6 Å². The Morgan fingerprint density at radius 1 is 1.45 bits per heavy atom. The minimum absolute atomic E-state index is 0.777. The highest BCUT2D eigenvalue weighted by molar-refractivity contribution is 4.94. The summed E-state index contributed by atoms with van der Waals surface area (Å²) >= 11 is 0. The molecule has 0 spiro atoms. The first-order valence-electron chi connectivity index (χ1n) is 4.70. The van der Waals surface area contributed by atoms with Gasteiger partial charge in [0.1, 0.15) is 0 Å². The molecule has 65 valence electrons. The van der Waals surface area contributed by atoms with Crippen molar-refractivity contribution in [2.75, 3.05) is 0 Å². The average Bonchev–Trinajstić information content (AvgIpc) is 2.04. The van der Waals surface area contributed by atoms with Crippen LogP contribution in [0.15, 0.2) is 12.2 Å². The van der Waals surface area contributed by atoms with Gasteiger partial charge >= 0.3 is 0 Å². The molecule has 1 radical (unpaired) electrons. The third kappa shape index (κ3) is 6.15. The zero-order chi connectivity index (χ0) is 8.69. The Balaban J connectivity index is 3.20. The van der Waals surface area contributed by atoms with Gasteiger partial charge in [-0.2, -0.15) is 0 Å². The summed E-state index contributed by atoms with van der Waals surface area (Å²) in [5.74, 6) is 0.777. The molecule has 0 amide bonds. The van der Waals surface area contributed by atoms with Crippen LogP contribution in [0.1, 0.15) is 46.5 Å². The molecule has 1 unspecified atom stereocenters. The highest BCUT2D eigenvalue weighted by Gasteiger charge is 1.98. The van der Waals surface area contributed by atoms with Crippen molar-refractivity contribution in [1.29, 1.82) is 0 Å². The first-order valence-corrected chi connectivity index (χ1v) is 4.70. The van der Waals surface area contributed by atoms with Crippen LogP contribution in [0.4, 0.5) is 0 Å². The van der Waals surface area contributed by atoms with Crippen LogP contribution < -0.4 is 0 Å². The molecule has 0 heterocycles. The molecule has 0 aromatic rings. The van der Waals surface area contributed by atoms with Gasteiger partial charge in [-0.1, -0.05) is 39.3 Å². The summed E-state index contributed by atoms with van der Waals surface area (Å²) in [7, 11) is 0. The molecule has 0 aromatic carbocycles. The van der Waals surface area contributed by atoms with Crippen LogP contribution in [-0.2, 0) is 0 Å². The van der Waals surface area contributed by atoms with Crippen LogP contribution in [0.25, 0.3) is 0 Å². The van der Waals surface area contributed by atoms with Crippen molar-refractivity contribution in [3.63, 3.8) is 0 Å². The van der Waals surface area contributed by atoms with Crippen molar-refractivity contribution in [2.24, 2.45) is 5.92 Å². The SMILES string of the molecule is C=C(CC)CC[CH]C(C)CC. The number of allylic oxidation sites excluding steroid dienone is 1. The molecule has 0 saturated heterocycles. The van der Waals surface area contributed by atoms with Crippen LogP contribution in [-0.4, -0.2) is 0 Å². The fourth-order valence-electron chi connectivity index (χ4n) is 0.915. The maximum atomic E-state index is 3.98. The normalized spacial score (nSPS) is 13.0. The van der Waals surface area contributed by atoms with Gasteiger partial charge in [0, 0.05) is 0 Å². The molecule has 0 aliphatic carbocycles. The van der Waals surface area contributed by atoms with E-state index in [-0.39, 0.29) is 0 Å². The van der Waals surface area contributed by atoms with E-state index >= 15 is 0 Å². The summed E-state index contributed by atoms with van der Waals surface area (Å²) in [5, 5.41) is 0. The third-order valence-electron chi connectivity index (χ3n) is 2.21. The maximum Gasteiger partial charge on any atom is -0.0320 e. The first-order chi connectivity index (χ1) is 5.20. The zero-order valence-electron chi connectivity index (χ0n) is 8.19. The van der Waals surface area contributed by atoms with E-state index in [0.717, 1.165) is 12.3 Å². The van der Waals surface area contributed by atoms with E-state index in [9.17, 15) is 0 Å². The topological polar surface area (TPSA) is 0 Å². The van der Waals surface area contributed by atoms with Gasteiger partial charge in [0.25, 0.3) is 0 Å². The van der Waals surface area contributed by atoms with Crippen molar-refractivity contribution < 1.29 is 0 Å². The molecule has 0 heteroatoms. The lowest BCUT2D eigenvalue weighted by atomic mass is 9.99. The van der Waals surface area contributed by atoms with Crippen molar-refractivity contribution >= 4 is 0 Å². The largest absolute Gasteiger partial charge is 0.0999 e. The fraction of sp³-hybridized carbons (Fsp3) is 0.727. The highest BCUT2D eigenvalue weighted by Crippen LogP contribution is 2.13. The molecule has 0 bridgehead atoms. The van der Waals surface area contributed by atoms with Gasteiger partial charge in [-0.3, -0.25) is 0 Å². The second-order valence-electron chi connectivity index (χ2n) is 3.26. The fourth-order valence-corrected chi connectivity index (χ4v) is 0.915. The Morgan fingerprint density at radius 3 is 2.55 bits per heavy atom. The molecule has 0 fully saturated rings. The van der Waals surface area contributed by atoms with Crippen LogP contribution in [0, 0.1) is 12.3 Å². The second-order valence-corrected chi connectivity index (χ2v) is 3.26. The minimum atomic E-state index is 0.777. The predicted molar refractivity (Wildman–Crippen MR) is 52.4 cm³/mol. The predicted octanol–water partition coefficient (Wildman–Crippen LogP) is 3.98. The summed E-state index contributed by atoms with van der Waals surface area (Å²) in [4.78, 5) is 0. The molecule has 11 heavy (non-hydrogen) atoms. The van der Waals surface area contributed by atoms with E-state index in [1.807, 2.05) is 0 Å². The Kier molecular flexibility index (Phi) is 6.30. The Morgan fingerprint density at radius 2 is 2.09 bits per heavy atom. The Hall–Kier alpha value is -0.260. The van der Waals surface area contributed by atoms with Crippen molar-refractivity contribution in [3.8, 4) is 0 Å². The molecule has 0 nitrogen and oxygen atoms in total. The van der Waals surface area contributed by atoms with Gasteiger partial charge < -0.3 is 0 Å².